The SMILES string of the molecule is CC1CCC(N(C)C(=O)c2ccc3c(c2)CCO3)CC1. The fraction of sp³-hybridized carbons (Fsp3) is 0.588. The third-order valence-corrected chi connectivity index (χ3v) is 4.79. The molecule has 0 saturated heterocycles. The summed E-state index contributed by atoms with van der Waals surface area (Å²) >= 11 is 0. The van der Waals surface area contributed by atoms with E-state index in [2.05, 4.69) is 6.92 Å². The predicted molar refractivity (Wildman–Crippen MR) is 79.2 cm³/mol. The number of hydrogen-bond donors (Lipinski definition) is 0. The van der Waals surface area contributed by atoms with Gasteiger partial charge in [-0.3, -0.25) is 4.79 Å². The smallest absolute Gasteiger partial charge is 0.253 e. The van der Waals surface area contributed by atoms with Crippen molar-refractivity contribution in [1.29, 1.82) is 0 Å². The number of benzene rings is 1. The first-order valence-electron chi connectivity index (χ1n) is 7.68. The Labute approximate surface area is 120 Å². The molecule has 1 fully saturated rings. The summed E-state index contributed by atoms with van der Waals surface area (Å²) in [7, 11) is 1.95. The Hall–Kier alpha value is -1.51. The molecule has 1 heterocycles. The monoisotopic (exact) mass is 273 g/mol. The summed E-state index contributed by atoms with van der Waals surface area (Å²) in [5, 5.41) is 0. The van der Waals surface area contributed by atoms with E-state index >= 15 is 0 Å². The largest absolute Gasteiger partial charge is 0.493 e. The Morgan fingerprint density at radius 1 is 1.25 bits per heavy atom. The van der Waals surface area contributed by atoms with Crippen LogP contribution >= 0.6 is 0 Å². The van der Waals surface area contributed by atoms with Crippen molar-refractivity contribution in [2.75, 3.05) is 13.7 Å². The molecule has 108 valence electrons. The molecule has 1 aromatic carbocycles. The number of carbonyl (C=O) groups excluding carboxylic acids is 1. The van der Waals surface area contributed by atoms with Crippen LogP contribution in [0.15, 0.2) is 18.2 Å². The molecular formula is C17H23NO2. The number of rotatable bonds is 2. The van der Waals surface area contributed by atoms with Gasteiger partial charge >= 0.3 is 0 Å². The molecule has 2 aliphatic rings. The summed E-state index contributed by atoms with van der Waals surface area (Å²) in [6, 6.07) is 6.25. The fourth-order valence-electron chi connectivity index (χ4n) is 3.32. The van der Waals surface area contributed by atoms with Gasteiger partial charge in [0.25, 0.3) is 5.91 Å². The lowest BCUT2D eigenvalue weighted by Gasteiger charge is -2.33. The topological polar surface area (TPSA) is 29.5 Å². The lowest BCUT2D eigenvalue weighted by molar-refractivity contribution is 0.0679. The van der Waals surface area contributed by atoms with Crippen LogP contribution in [0.5, 0.6) is 5.75 Å². The first kappa shape index (κ1) is 13.5. The standard InChI is InChI=1S/C17H23NO2/c1-12-3-6-15(7-4-12)18(2)17(19)14-5-8-16-13(11-14)9-10-20-16/h5,8,11-12,15H,3-4,6-7,9-10H2,1-2H3. The molecule has 0 bridgehead atoms. The van der Waals surface area contributed by atoms with E-state index in [1.165, 1.54) is 18.4 Å². The fourth-order valence-corrected chi connectivity index (χ4v) is 3.32. The normalized spacial score (nSPS) is 24.9. The molecule has 0 aromatic heterocycles. The highest BCUT2D eigenvalue weighted by Gasteiger charge is 2.26. The molecule has 1 amide bonds. The summed E-state index contributed by atoms with van der Waals surface area (Å²) in [6.07, 6.45) is 5.66. The van der Waals surface area contributed by atoms with Crippen LogP contribution in [0.4, 0.5) is 0 Å². The Balaban J connectivity index is 1.72. The minimum absolute atomic E-state index is 0.152. The Morgan fingerprint density at radius 2 is 2.00 bits per heavy atom. The summed E-state index contributed by atoms with van der Waals surface area (Å²) in [5.41, 5.74) is 1.97. The average molecular weight is 273 g/mol. The van der Waals surface area contributed by atoms with Crippen molar-refractivity contribution in [3.05, 3.63) is 29.3 Å². The molecule has 20 heavy (non-hydrogen) atoms. The van der Waals surface area contributed by atoms with Gasteiger partial charge < -0.3 is 9.64 Å². The van der Waals surface area contributed by atoms with Gasteiger partial charge in [0.15, 0.2) is 0 Å². The number of amides is 1. The van der Waals surface area contributed by atoms with Crippen molar-refractivity contribution in [3.63, 3.8) is 0 Å². The average Bonchev–Trinajstić information content (AvgIpc) is 2.94. The van der Waals surface area contributed by atoms with Crippen molar-refractivity contribution in [3.8, 4) is 5.75 Å². The van der Waals surface area contributed by atoms with Gasteiger partial charge in [-0.25, -0.2) is 0 Å². The molecule has 3 nitrogen and oxygen atoms in total. The van der Waals surface area contributed by atoms with Gasteiger partial charge in [0.05, 0.1) is 6.61 Å². The Morgan fingerprint density at radius 3 is 2.75 bits per heavy atom. The molecule has 1 aromatic rings. The number of carbonyl (C=O) groups is 1. The van der Waals surface area contributed by atoms with E-state index in [1.54, 1.807) is 0 Å². The summed E-state index contributed by atoms with van der Waals surface area (Å²) in [5.74, 6) is 1.90. The molecule has 1 aliphatic heterocycles. The summed E-state index contributed by atoms with van der Waals surface area (Å²) in [4.78, 5) is 14.6. The van der Waals surface area contributed by atoms with Gasteiger partial charge in [0, 0.05) is 25.1 Å². The van der Waals surface area contributed by atoms with E-state index in [9.17, 15) is 4.79 Å². The van der Waals surface area contributed by atoms with Crippen LogP contribution < -0.4 is 4.74 Å². The van der Waals surface area contributed by atoms with E-state index in [4.69, 9.17) is 4.74 Å². The quantitative estimate of drug-likeness (QED) is 0.827. The maximum Gasteiger partial charge on any atom is 0.253 e. The lowest BCUT2D eigenvalue weighted by atomic mass is 9.86. The summed E-state index contributed by atoms with van der Waals surface area (Å²) in [6.45, 7) is 3.04. The van der Waals surface area contributed by atoms with E-state index in [0.29, 0.717) is 6.04 Å². The minimum Gasteiger partial charge on any atom is -0.493 e. The van der Waals surface area contributed by atoms with E-state index in [0.717, 1.165) is 43.1 Å². The first-order chi connectivity index (χ1) is 9.65. The highest BCUT2D eigenvalue weighted by atomic mass is 16.5. The van der Waals surface area contributed by atoms with Crippen molar-refractivity contribution in [2.45, 2.75) is 45.1 Å². The highest BCUT2D eigenvalue weighted by Crippen LogP contribution is 2.29. The van der Waals surface area contributed by atoms with Crippen molar-refractivity contribution in [1.82, 2.24) is 4.90 Å². The number of nitrogens with zero attached hydrogens (tertiary/aromatic N) is 1. The Kier molecular flexibility index (Phi) is 3.68. The summed E-state index contributed by atoms with van der Waals surface area (Å²) < 4.78 is 5.50. The van der Waals surface area contributed by atoms with Crippen LogP contribution in [0.25, 0.3) is 0 Å². The van der Waals surface area contributed by atoms with E-state index in [1.807, 2.05) is 30.1 Å². The molecule has 0 N–H and O–H groups in total. The third kappa shape index (κ3) is 2.54. The van der Waals surface area contributed by atoms with Crippen LogP contribution in [0.3, 0.4) is 0 Å². The lowest BCUT2D eigenvalue weighted by Crippen LogP contribution is -2.39. The second-order valence-corrected chi connectivity index (χ2v) is 6.25. The number of ether oxygens (including phenoxy) is 1. The van der Waals surface area contributed by atoms with Gasteiger partial charge in [-0.2, -0.15) is 0 Å². The van der Waals surface area contributed by atoms with E-state index < -0.39 is 0 Å². The predicted octanol–water partition coefficient (Wildman–Crippen LogP) is 3.27. The second kappa shape index (κ2) is 5.47. The van der Waals surface area contributed by atoms with Gasteiger partial charge in [-0.1, -0.05) is 6.92 Å². The maximum absolute atomic E-state index is 12.6. The zero-order chi connectivity index (χ0) is 14.1. The zero-order valence-corrected chi connectivity index (χ0v) is 12.4. The molecule has 0 unspecified atom stereocenters. The van der Waals surface area contributed by atoms with E-state index in [-0.39, 0.29) is 5.91 Å². The number of fused-ring (bicyclic) bond motifs is 1. The molecule has 3 rings (SSSR count). The van der Waals surface area contributed by atoms with Gasteiger partial charge in [-0.05, 0) is 55.4 Å². The molecule has 0 spiro atoms. The van der Waals surface area contributed by atoms with Crippen molar-refractivity contribution >= 4 is 5.91 Å². The third-order valence-electron chi connectivity index (χ3n) is 4.79. The van der Waals surface area contributed by atoms with Gasteiger partial charge in [0.2, 0.25) is 0 Å². The highest BCUT2D eigenvalue weighted by molar-refractivity contribution is 5.94. The first-order valence-corrected chi connectivity index (χ1v) is 7.68. The molecule has 3 heteroatoms. The molecule has 1 aliphatic carbocycles. The van der Waals surface area contributed by atoms with Crippen LogP contribution in [0.2, 0.25) is 0 Å². The molecule has 0 atom stereocenters. The maximum atomic E-state index is 12.6. The van der Waals surface area contributed by atoms with Crippen molar-refractivity contribution in [2.24, 2.45) is 5.92 Å². The van der Waals surface area contributed by atoms with Crippen LogP contribution in [-0.4, -0.2) is 30.5 Å². The zero-order valence-electron chi connectivity index (χ0n) is 12.4. The van der Waals surface area contributed by atoms with Crippen LogP contribution in [0, 0.1) is 5.92 Å². The van der Waals surface area contributed by atoms with Gasteiger partial charge in [0.1, 0.15) is 5.75 Å². The van der Waals surface area contributed by atoms with Crippen molar-refractivity contribution < 1.29 is 9.53 Å². The van der Waals surface area contributed by atoms with Crippen LogP contribution in [-0.2, 0) is 6.42 Å². The second-order valence-electron chi connectivity index (χ2n) is 6.25. The molecule has 0 radical (unpaired) electrons. The van der Waals surface area contributed by atoms with Crippen LogP contribution in [0.1, 0.15) is 48.5 Å². The van der Waals surface area contributed by atoms with Gasteiger partial charge in [-0.15, -0.1) is 0 Å². The molecular weight excluding hydrogens is 250 g/mol. The molecule has 1 saturated carbocycles. The minimum atomic E-state index is 0.152. The number of hydrogen-bond acceptors (Lipinski definition) is 2. The Bertz CT molecular complexity index is 504.